The fraction of sp³-hybridized carbons (Fsp3) is 0.560. The van der Waals surface area contributed by atoms with Gasteiger partial charge in [-0.25, -0.2) is 18.1 Å². The molecule has 2 unspecified atom stereocenters. The minimum Gasteiger partial charge on any atom is -0.493 e. The van der Waals surface area contributed by atoms with Gasteiger partial charge < -0.3 is 14.6 Å². The fourth-order valence-electron chi connectivity index (χ4n) is 3.93. The number of H-pyrrole nitrogens is 1. The first-order valence-corrected chi connectivity index (χ1v) is 12.9. The van der Waals surface area contributed by atoms with Crippen LogP contribution in [0.3, 0.4) is 0 Å². The Hall–Kier alpha value is -2.76. The highest BCUT2D eigenvalue weighted by molar-refractivity contribution is 7.89. The van der Waals surface area contributed by atoms with E-state index < -0.39 is 71.7 Å². The number of aryl methyl sites for hydroxylation is 2. The van der Waals surface area contributed by atoms with Gasteiger partial charge in [-0.05, 0) is 63.7 Å². The highest BCUT2D eigenvalue weighted by atomic mass is 32.2. The van der Waals surface area contributed by atoms with Crippen molar-refractivity contribution in [2.45, 2.75) is 63.1 Å². The first-order chi connectivity index (χ1) is 21.5. The molecule has 0 spiro atoms. The summed E-state index contributed by atoms with van der Waals surface area (Å²) < 4.78 is 124. The van der Waals surface area contributed by atoms with E-state index in [0.29, 0.717) is 12.8 Å². The van der Waals surface area contributed by atoms with E-state index in [1.807, 2.05) is 11.6 Å². The minimum atomic E-state index is -4.64. The number of aromatic nitrogens is 4. The predicted molar refractivity (Wildman–Crippen MR) is 140 cm³/mol. The molecule has 196 valence electrons. The fourth-order valence-corrected chi connectivity index (χ4v) is 4.80. The maximum absolute atomic E-state index is 13.5. The van der Waals surface area contributed by atoms with E-state index in [9.17, 15) is 13.2 Å². The third-order valence-electron chi connectivity index (χ3n) is 5.67. The second-order valence-electron chi connectivity index (χ2n) is 8.23. The number of benzene rings is 1. The minimum absolute atomic E-state index is 0.0552. The number of sulfonamides is 1. The van der Waals surface area contributed by atoms with E-state index in [1.165, 1.54) is 13.1 Å². The standard InChI is InChI=1S/C25H36N6O4S/c1-5-8-20-22-23(31(4)29-20)25(32)28-24(27-22)19-16-18(10-11-21(19)35-15-6-2)36(33,34)26-13-12-17-9-7-14-30(17)3/h10-11,16-17,26H,5-9,12-15H2,1-4H3,(H,27,28,32)/i1D3,3D3,8D2,12D2,13D. The Balaban J connectivity index is 1.79. The number of fused-ring (bicyclic) bond motifs is 1. The normalized spacial score (nSPS) is 23.6. The van der Waals surface area contributed by atoms with Crippen molar-refractivity contribution in [3.8, 4) is 17.1 Å². The number of ether oxygens (including phenoxy) is 1. The van der Waals surface area contributed by atoms with Crippen molar-refractivity contribution in [1.82, 2.24) is 29.4 Å². The summed E-state index contributed by atoms with van der Waals surface area (Å²) in [7, 11) is -3.28. The van der Waals surface area contributed by atoms with Crippen LogP contribution in [0.5, 0.6) is 5.75 Å². The Morgan fingerprint density at radius 2 is 2.22 bits per heavy atom. The van der Waals surface area contributed by atoms with Crippen LogP contribution in [0.1, 0.15) is 66.6 Å². The first kappa shape index (κ1) is 15.5. The van der Waals surface area contributed by atoms with E-state index in [1.54, 1.807) is 0 Å². The van der Waals surface area contributed by atoms with E-state index in [4.69, 9.17) is 19.8 Å². The predicted octanol–water partition coefficient (Wildman–Crippen LogP) is 2.83. The van der Waals surface area contributed by atoms with Crippen molar-refractivity contribution in [2.24, 2.45) is 7.05 Å². The Kier molecular flexibility index (Phi) is 4.77. The van der Waals surface area contributed by atoms with Gasteiger partial charge in [-0.2, -0.15) is 5.10 Å². The molecule has 0 radical (unpaired) electrons. The second kappa shape index (κ2) is 11.1. The van der Waals surface area contributed by atoms with Crippen molar-refractivity contribution < 1.29 is 28.2 Å². The summed E-state index contributed by atoms with van der Waals surface area (Å²) in [5.74, 6) is -0.164. The van der Waals surface area contributed by atoms with Crippen LogP contribution in [-0.4, -0.2) is 65.8 Å². The molecule has 1 aliphatic rings. The molecule has 1 fully saturated rings. The molecule has 3 heterocycles. The number of hydrogen-bond donors (Lipinski definition) is 2. The van der Waals surface area contributed by atoms with Crippen LogP contribution in [0.2, 0.25) is 0 Å². The van der Waals surface area contributed by atoms with Crippen molar-refractivity contribution in [3.05, 3.63) is 34.2 Å². The van der Waals surface area contributed by atoms with Crippen LogP contribution in [0.4, 0.5) is 0 Å². The molecule has 11 heteroatoms. The maximum Gasteiger partial charge on any atom is 0.277 e. The summed E-state index contributed by atoms with van der Waals surface area (Å²) in [6, 6.07) is 2.26. The highest BCUT2D eigenvalue weighted by Gasteiger charge is 2.23. The number of hydrogen-bond acceptors (Lipinski definition) is 7. The number of nitrogens with one attached hydrogen (secondary N) is 2. The highest BCUT2D eigenvalue weighted by Crippen LogP contribution is 2.31. The van der Waals surface area contributed by atoms with Crippen LogP contribution in [0.15, 0.2) is 27.9 Å². The molecule has 36 heavy (non-hydrogen) atoms. The quantitative estimate of drug-likeness (QED) is 0.393. The molecular formula is C25H36N6O4S. The van der Waals surface area contributed by atoms with E-state index in [2.05, 4.69) is 15.1 Å². The number of likely N-dealkylation sites (tertiary alicyclic amines) is 1. The van der Waals surface area contributed by atoms with Gasteiger partial charge in [-0.1, -0.05) is 20.2 Å². The van der Waals surface area contributed by atoms with Gasteiger partial charge >= 0.3 is 0 Å². The van der Waals surface area contributed by atoms with Gasteiger partial charge in [0.2, 0.25) is 10.0 Å². The van der Waals surface area contributed by atoms with Gasteiger partial charge in [0.15, 0.2) is 5.52 Å². The Morgan fingerprint density at radius 1 is 1.36 bits per heavy atom. The zero-order valence-corrected chi connectivity index (χ0v) is 20.8. The number of rotatable bonds is 11. The van der Waals surface area contributed by atoms with Crippen molar-refractivity contribution in [2.75, 3.05) is 26.6 Å². The van der Waals surface area contributed by atoms with Crippen LogP contribution in [0, 0.1) is 0 Å². The van der Waals surface area contributed by atoms with Crippen molar-refractivity contribution in [1.29, 1.82) is 0 Å². The number of aromatic amines is 1. The van der Waals surface area contributed by atoms with E-state index >= 15 is 0 Å². The molecule has 4 rings (SSSR count). The van der Waals surface area contributed by atoms with Crippen LogP contribution in [-0.2, 0) is 23.4 Å². The SMILES string of the molecule is [2H]C(NS(=O)(=O)c1ccc(OCCC)c(-c2nc3c(C([2H])([2H])CC([2H])([2H])[2H])nn(C)c3c(=O)[nH]2)c1)C([2H])([2H])C1CCCN1C([2H])([2H])[2H]. The Labute approximate surface area is 227 Å². The Bertz CT molecular complexity index is 1790. The maximum atomic E-state index is 13.5. The summed E-state index contributed by atoms with van der Waals surface area (Å²) in [5.41, 5.74) is -1.64. The Morgan fingerprint density at radius 3 is 3.00 bits per heavy atom. The monoisotopic (exact) mass is 527 g/mol. The van der Waals surface area contributed by atoms with Crippen molar-refractivity contribution >= 4 is 21.1 Å². The smallest absolute Gasteiger partial charge is 0.277 e. The third kappa shape index (κ3) is 5.47. The van der Waals surface area contributed by atoms with Crippen molar-refractivity contribution in [3.63, 3.8) is 0 Å². The second-order valence-corrected chi connectivity index (χ2v) is 9.94. The van der Waals surface area contributed by atoms with Gasteiger partial charge in [-0.3, -0.25) is 9.48 Å². The average Bonchev–Trinajstić information content (AvgIpc) is 3.57. The molecule has 0 bridgehead atoms. The summed E-state index contributed by atoms with van der Waals surface area (Å²) in [6.45, 7) is -5.35. The number of nitrogens with zero attached hydrogens (tertiary/aromatic N) is 4. The van der Waals surface area contributed by atoms with Gasteiger partial charge in [0.25, 0.3) is 5.56 Å². The molecule has 0 saturated carbocycles. The molecule has 0 aliphatic carbocycles. The summed E-state index contributed by atoms with van der Waals surface area (Å²) in [5, 5.41) is 4.06. The summed E-state index contributed by atoms with van der Waals surface area (Å²) >= 11 is 0. The molecule has 2 aromatic heterocycles. The lowest BCUT2D eigenvalue weighted by molar-refractivity contribution is 0.297. The summed E-state index contributed by atoms with van der Waals surface area (Å²) in [6.07, 6.45) is -5.04. The molecule has 3 aromatic rings. The average molecular weight is 528 g/mol. The first-order valence-electron chi connectivity index (χ1n) is 17.0. The molecule has 2 atom stereocenters. The summed E-state index contributed by atoms with van der Waals surface area (Å²) in [4.78, 5) is 20.6. The zero-order valence-electron chi connectivity index (χ0n) is 31.0. The van der Waals surface area contributed by atoms with Crippen LogP contribution >= 0.6 is 0 Å². The van der Waals surface area contributed by atoms with Gasteiger partial charge in [0, 0.05) is 34.7 Å². The van der Waals surface area contributed by atoms with Gasteiger partial charge in [0.1, 0.15) is 17.1 Å². The molecule has 2 N–H and O–H groups in total. The van der Waals surface area contributed by atoms with E-state index in [-0.39, 0.29) is 47.7 Å². The van der Waals surface area contributed by atoms with Crippen LogP contribution in [0.25, 0.3) is 22.4 Å². The lowest BCUT2D eigenvalue weighted by Gasteiger charge is -2.19. The lowest BCUT2D eigenvalue weighted by Crippen LogP contribution is -2.31. The molecule has 1 saturated heterocycles. The molecule has 0 amide bonds. The van der Waals surface area contributed by atoms with E-state index in [0.717, 1.165) is 21.7 Å². The topological polar surface area (TPSA) is 122 Å². The van der Waals surface area contributed by atoms with Gasteiger partial charge in [-0.15, -0.1) is 0 Å². The molecule has 1 aliphatic heterocycles. The molecule has 1 aromatic carbocycles. The van der Waals surface area contributed by atoms with Gasteiger partial charge in [0.05, 0.1) is 22.8 Å². The molecular weight excluding hydrogens is 480 g/mol. The lowest BCUT2D eigenvalue weighted by atomic mass is 10.1. The third-order valence-corrected chi connectivity index (χ3v) is 6.97. The van der Waals surface area contributed by atoms with Crippen LogP contribution < -0.4 is 15.0 Å². The largest absolute Gasteiger partial charge is 0.493 e. The zero-order chi connectivity index (χ0) is 35.3. The molecule has 10 nitrogen and oxygen atoms in total.